The minimum atomic E-state index is -0.240. The van der Waals surface area contributed by atoms with Crippen LogP contribution in [0, 0.1) is 19.7 Å². The van der Waals surface area contributed by atoms with Gasteiger partial charge >= 0.3 is 0 Å². The number of rotatable bonds is 7. The van der Waals surface area contributed by atoms with Gasteiger partial charge in [0, 0.05) is 31.0 Å². The Morgan fingerprint density at radius 2 is 1.93 bits per heavy atom. The summed E-state index contributed by atoms with van der Waals surface area (Å²) in [6.07, 6.45) is 2.78. The van der Waals surface area contributed by atoms with Crippen LogP contribution in [-0.2, 0) is 13.1 Å². The SMILES string of the molecule is Cc1cc(C)n(CCCNC(=S)Nc2ccn(Cc3ccc(F)cc3)n2)n1. The molecule has 0 aliphatic rings. The fraction of sp³-hybridized carbons (Fsp3) is 0.316. The van der Waals surface area contributed by atoms with Crippen molar-refractivity contribution in [3.05, 3.63) is 65.4 Å². The maximum atomic E-state index is 13.0. The van der Waals surface area contributed by atoms with Crippen LogP contribution in [0.5, 0.6) is 0 Å². The first kappa shape index (κ1) is 19.0. The van der Waals surface area contributed by atoms with Crippen molar-refractivity contribution in [2.75, 3.05) is 11.9 Å². The number of nitrogens with one attached hydrogen (secondary N) is 2. The van der Waals surface area contributed by atoms with E-state index in [9.17, 15) is 4.39 Å². The molecular weight excluding hydrogens is 363 g/mol. The Bertz CT molecular complexity index is 899. The zero-order valence-corrected chi connectivity index (χ0v) is 16.3. The van der Waals surface area contributed by atoms with Crippen molar-refractivity contribution in [3.8, 4) is 0 Å². The molecule has 0 spiro atoms. The maximum absolute atomic E-state index is 13.0. The summed E-state index contributed by atoms with van der Waals surface area (Å²) >= 11 is 5.31. The highest BCUT2D eigenvalue weighted by atomic mass is 32.1. The zero-order valence-electron chi connectivity index (χ0n) is 15.4. The maximum Gasteiger partial charge on any atom is 0.171 e. The lowest BCUT2D eigenvalue weighted by molar-refractivity contribution is 0.558. The molecule has 2 aromatic heterocycles. The van der Waals surface area contributed by atoms with E-state index in [-0.39, 0.29) is 5.82 Å². The highest BCUT2D eigenvalue weighted by Crippen LogP contribution is 2.08. The molecule has 1 aromatic carbocycles. The summed E-state index contributed by atoms with van der Waals surface area (Å²) in [5.74, 6) is 0.434. The Morgan fingerprint density at radius 1 is 1.15 bits per heavy atom. The van der Waals surface area contributed by atoms with E-state index < -0.39 is 0 Å². The molecule has 2 N–H and O–H groups in total. The van der Waals surface area contributed by atoms with Crippen molar-refractivity contribution >= 4 is 23.1 Å². The monoisotopic (exact) mass is 386 g/mol. The molecule has 0 saturated carbocycles. The summed E-state index contributed by atoms with van der Waals surface area (Å²) in [4.78, 5) is 0. The molecule has 0 atom stereocenters. The first-order valence-electron chi connectivity index (χ1n) is 8.83. The van der Waals surface area contributed by atoms with E-state index in [0.29, 0.717) is 17.5 Å². The van der Waals surface area contributed by atoms with Gasteiger partial charge in [-0.25, -0.2) is 4.39 Å². The van der Waals surface area contributed by atoms with E-state index in [4.69, 9.17) is 12.2 Å². The minimum Gasteiger partial charge on any atom is -0.362 e. The highest BCUT2D eigenvalue weighted by Gasteiger charge is 2.04. The number of hydrogen-bond donors (Lipinski definition) is 2. The second-order valence-corrected chi connectivity index (χ2v) is 6.82. The molecule has 27 heavy (non-hydrogen) atoms. The van der Waals surface area contributed by atoms with Crippen molar-refractivity contribution in [1.29, 1.82) is 0 Å². The predicted octanol–water partition coefficient (Wildman–Crippen LogP) is 3.26. The van der Waals surface area contributed by atoms with Crippen LogP contribution in [0.25, 0.3) is 0 Å². The summed E-state index contributed by atoms with van der Waals surface area (Å²) in [5.41, 5.74) is 3.18. The number of nitrogens with zero attached hydrogens (tertiary/aromatic N) is 4. The third-order valence-corrected chi connectivity index (χ3v) is 4.32. The Kier molecular flexibility index (Phi) is 6.18. The number of anilines is 1. The predicted molar refractivity (Wildman–Crippen MR) is 108 cm³/mol. The van der Waals surface area contributed by atoms with Gasteiger partial charge in [0.05, 0.1) is 12.2 Å². The molecule has 0 radical (unpaired) electrons. The van der Waals surface area contributed by atoms with Crippen molar-refractivity contribution in [2.24, 2.45) is 0 Å². The highest BCUT2D eigenvalue weighted by molar-refractivity contribution is 7.80. The molecule has 0 saturated heterocycles. The van der Waals surface area contributed by atoms with Gasteiger partial charge in [0.25, 0.3) is 0 Å². The van der Waals surface area contributed by atoms with Crippen LogP contribution in [0.4, 0.5) is 10.2 Å². The molecule has 0 aliphatic carbocycles. The van der Waals surface area contributed by atoms with Gasteiger partial charge in [-0.1, -0.05) is 12.1 Å². The zero-order chi connectivity index (χ0) is 19.2. The molecule has 2 heterocycles. The lowest BCUT2D eigenvalue weighted by Gasteiger charge is -2.09. The summed E-state index contributed by atoms with van der Waals surface area (Å²) < 4.78 is 16.7. The molecule has 0 unspecified atom stereocenters. The van der Waals surface area contributed by atoms with Gasteiger partial charge in [0.15, 0.2) is 10.9 Å². The summed E-state index contributed by atoms with van der Waals surface area (Å²) in [6.45, 7) is 6.23. The third-order valence-electron chi connectivity index (χ3n) is 4.08. The topological polar surface area (TPSA) is 59.7 Å². The molecule has 3 rings (SSSR count). The summed E-state index contributed by atoms with van der Waals surface area (Å²) in [5, 5.41) is 15.7. The van der Waals surface area contributed by atoms with E-state index in [2.05, 4.69) is 33.8 Å². The van der Waals surface area contributed by atoms with Crippen molar-refractivity contribution in [3.63, 3.8) is 0 Å². The fourth-order valence-corrected chi connectivity index (χ4v) is 2.99. The smallest absolute Gasteiger partial charge is 0.171 e. The summed E-state index contributed by atoms with van der Waals surface area (Å²) in [6, 6.07) is 10.3. The Hall–Kier alpha value is -2.74. The average molecular weight is 387 g/mol. The first-order valence-corrected chi connectivity index (χ1v) is 9.24. The van der Waals surface area contributed by atoms with Crippen LogP contribution in [0.15, 0.2) is 42.6 Å². The first-order chi connectivity index (χ1) is 13.0. The fourth-order valence-electron chi connectivity index (χ4n) is 2.79. The number of hydrogen-bond acceptors (Lipinski definition) is 3. The number of benzene rings is 1. The minimum absolute atomic E-state index is 0.240. The average Bonchev–Trinajstić information content (AvgIpc) is 3.19. The van der Waals surface area contributed by atoms with Crippen molar-refractivity contribution in [1.82, 2.24) is 24.9 Å². The third kappa shape index (κ3) is 5.62. The Balaban J connectivity index is 1.41. The molecule has 142 valence electrons. The molecule has 0 bridgehead atoms. The van der Waals surface area contributed by atoms with Crippen molar-refractivity contribution < 1.29 is 4.39 Å². The Morgan fingerprint density at radius 3 is 2.63 bits per heavy atom. The van der Waals surface area contributed by atoms with E-state index in [1.54, 1.807) is 16.8 Å². The van der Waals surface area contributed by atoms with Gasteiger partial charge in [-0.15, -0.1) is 0 Å². The standard InChI is InChI=1S/C19H23FN6S/c1-14-12-15(2)26(23-14)10-3-9-21-19(27)22-18-8-11-25(24-18)13-16-4-6-17(20)7-5-16/h4-8,11-12H,3,9-10,13H2,1-2H3,(H2,21,22,24,27). The van der Waals surface area contributed by atoms with Crippen LogP contribution < -0.4 is 10.6 Å². The van der Waals surface area contributed by atoms with Crippen LogP contribution >= 0.6 is 12.2 Å². The second-order valence-electron chi connectivity index (χ2n) is 6.41. The number of aryl methyl sites for hydroxylation is 3. The lowest BCUT2D eigenvalue weighted by Crippen LogP contribution is -2.30. The molecule has 0 amide bonds. The van der Waals surface area contributed by atoms with Gasteiger partial charge in [0.2, 0.25) is 0 Å². The van der Waals surface area contributed by atoms with E-state index in [1.807, 2.05) is 23.9 Å². The largest absolute Gasteiger partial charge is 0.362 e. The van der Waals surface area contributed by atoms with Gasteiger partial charge in [-0.2, -0.15) is 10.2 Å². The van der Waals surface area contributed by atoms with E-state index in [0.717, 1.165) is 30.8 Å². The molecule has 3 aromatic rings. The molecule has 0 fully saturated rings. The summed E-state index contributed by atoms with van der Waals surface area (Å²) in [7, 11) is 0. The van der Waals surface area contributed by atoms with E-state index >= 15 is 0 Å². The number of halogens is 1. The van der Waals surface area contributed by atoms with Crippen LogP contribution in [0.2, 0.25) is 0 Å². The Labute approximate surface area is 163 Å². The quantitative estimate of drug-likeness (QED) is 0.482. The molecular formula is C19H23FN6S. The second kappa shape index (κ2) is 8.77. The normalized spacial score (nSPS) is 10.8. The van der Waals surface area contributed by atoms with Gasteiger partial charge in [0.1, 0.15) is 5.82 Å². The molecule has 0 aliphatic heterocycles. The van der Waals surface area contributed by atoms with Crippen LogP contribution in [0.3, 0.4) is 0 Å². The number of aromatic nitrogens is 4. The molecule has 6 nitrogen and oxygen atoms in total. The van der Waals surface area contributed by atoms with Gasteiger partial charge < -0.3 is 10.6 Å². The number of thiocarbonyl (C=S) groups is 1. The van der Waals surface area contributed by atoms with Crippen molar-refractivity contribution in [2.45, 2.75) is 33.4 Å². The van der Waals surface area contributed by atoms with Gasteiger partial charge in [-0.3, -0.25) is 9.36 Å². The van der Waals surface area contributed by atoms with E-state index in [1.165, 1.54) is 17.8 Å². The lowest BCUT2D eigenvalue weighted by atomic mass is 10.2. The van der Waals surface area contributed by atoms with Crippen LogP contribution in [0.1, 0.15) is 23.4 Å². The molecule has 8 heteroatoms. The van der Waals surface area contributed by atoms with Gasteiger partial charge in [-0.05, 0) is 56.2 Å². The van der Waals surface area contributed by atoms with Crippen LogP contribution in [-0.4, -0.2) is 31.2 Å².